The highest BCUT2D eigenvalue weighted by atomic mass is 16.8. The second kappa shape index (κ2) is 14.0. The lowest BCUT2D eigenvalue weighted by molar-refractivity contribution is -0.203. The molecule has 1 amide bonds. The first kappa shape index (κ1) is 33.2. The van der Waals surface area contributed by atoms with Gasteiger partial charge in [0.25, 0.3) is 5.56 Å². The summed E-state index contributed by atoms with van der Waals surface area (Å²) >= 11 is 0. The molecule has 0 radical (unpaired) electrons. The third-order valence-corrected chi connectivity index (χ3v) is 7.13. The summed E-state index contributed by atoms with van der Waals surface area (Å²) in [6.07, 6.45) is 0.258. The van der Waals surface area contributed by atoms with Crippen LogP contribution in [0.4, 0.5) is 4.79 Å². The number of nitrogens with one attached hydrogen (secondary N) is 1. The second-order valence-electron chi connectivity index (χ2n) is 12.3. The number of hydrogen-bond acceptors (Lipinski definition) is 10. The van der Waals surface area contributed by atoms with Crippen LogP contribution in [0.1, 0.15) is 72.1 Å². The highest BCUT2D eigenvalue weighted by Gasteiger charge is 2.56. The van der Waals surface area contributed by atoms with Crippen LogP contribution in [0.15, 0.2) is 46.1 Å². The monoisotopic (exact) mass is 617 g/mol. The summed E-state index contributed by atoms with van der Waals surface area (Å²) in [5.74, 6) is -0.678. The number of alkyl carbamates (subject to hydrolysis) is 1. The molecule has 2 fully saturated rings. The lowest BCUT2D eigenvalue weighted by atomic mass is 10.1. The number of carbonyl (C=O) groups is 2. The van der Waals surface area contributed by atoms with Crippen molar-refractivity contribution in [3.8, 4) is 5.75 Å². The Morgan fingerprint density at radius 3 is 2.39 bits per heavy atom. The highest BCUT2D eigenvalue weighted by molar-refractivity contribution is 5.69. The molecule has 2 aliphatic rings. The molecule has 0 spiro atoms. The average Bonchev–Trinajstić information content (AvgIpc) is 3.44. The Hall–Kier alpha value is -3.68. The van der Waals surface area contributed by atoms with E-state index in [1.165, 1.54) is 16.8 Å². The van der Waals surface area contributed by atoms with Crippen molar-refractivity contribution in [3.63, 3.8) is 0 Å². The second-order valence-corrected chi connectivity index (χ2v) is 12.3. The summed E-state index contributed by atoms with van der Waals surface area (Å²) in [6.45, 7) is 9.34. The van der Waals surface area contributed by atoms with Crippen LogP contribution in [-0.4, -0.2) is 71.2 Å². The van der Waals surface area contributed by atoms with Crippen LogP contribution >= 0.6 is 0 Å². The highest BCUT2D eigenvalue weighted by Crippen LogP contribution is 2.42. The Bertz CT molecular complexity index is 1410. The fourth-order valence-corrected chi connectivity index (χ4v) is 5.12. The molecule has 1 N–H and O–H groups in total. The number of fused-ring (bicyclic) bond motifs is 1. The molecule has 0 aliphatic carbocycles. The molecular weight excluding hydrogens is 574 g/mol. The molecule has 2 saturated heterocycles. The van der Waals surface area contributed by atoms with Crippen LogP contribution < -0.4 is 21.3 Å². The number of nitrogens with zero attached hydrogens (tertiary/aromatic N) is 2. The molecule has 13 nitrogen and oxygen atoms in total. The molecule has 0 bridgehead atoms. The van der Waals surface area contributed by atoms with E-state index in [-0.39, 0.29) is 19.6 Å². The molecule has 0 unspecified atom stereocenters. The first-order valence-electron chi connectivity index (χ1n) is 14.8. The zero-order valence-electron chi connectivity index (χ0n) is 26.2. The Labute approximate surface area is 256 Å². The largest absolute Gasteiger partial charge is 0.497 e. The van der Waals surface area contributed by atoms with Crippen molar-refractivity contribution >= 4 is 12.1 Å². The molecular formula is C31H43N3O10. The topological polar surface area (TPSA) is 146 Å². The average molecular weight is 618 g/mol. The van der Waals surface area contributed by atoms with Crippen LogP contribution in [0, 0.1) is 0 Å². The fraction of sp³-hybridized carbons (Fsp3) is 0.613. The number of methoxy groups -OCH3 is 1. The van der Waals surface area contributed by atoms with Crippen LogP contribution in [0.25, 0.3) is 0 Å². The predicted molar refractivity (Wildman–Crippen MR) is 158 cm³/mol. The van der Waals surface area contributed by atoms with Crippen molar-refractivity contribution < 1.29 is 38.0 Å². The van der Waals surface area contributed by atoms with E-state index in [4.69, 9.17) is 28.4 Å². The number of hydrogen-bond donors (Lipinski definition) is 1. The maximum atomic E-state index is 13.5. The number of rotatable bonds is 12. The fourth-order valence-electron chi connectivity index (χ4n) is 5.12. The summed E-state index contributed by atoms with van der Waals surface area (Å²) in [6, 6.07) is 8.39. The normalized spacial score (nSPS) is 22.3. The van der Waals surface area contributed by atoms with E-state index in [1.807, 2.05) is 0 Å². The van der Waals surface area contributed by atoms with Crippen LogP contribution in [-0.2, 0) is 35.0 Å². The minimum absolute atomic E-state index is 0.0598. The molecule has 1 aromatic heterocycles. The van der Waals surface area contributed by atoms with Gasteiger partial charge >= 0.3 is 17.8 Å². The van der Waals surface area contributed by atoms with Crippen molar-refractivity contribution in [2.24, 2.45) is 0 Å². The SMILES string of the molecule is COc1ccc(Cn2c(=O)ccn([C@@H]3O[C@H](COC(=O)CCCCCNC(=O)OC(C)(C)C)[C@H]4OC(C)(C)O[C@H]43)c2=O)cc1. The van der Waals surface area contributed by atoms with Crippen molar-refractivity contribution in [3.05, 3.63) is 62.9 Å². The quantitative estimate of drug-likeness (QED) is 0.279. The molecule has 0 saturated carbocycles. The Balaban J connectivity index is 1.33. The van der Waals surface area contributed by atoms with Gasteiger partial charge < -0.3 is 33.7 Å². The van der Waals surface area contributed by atoms with Gasteiger partial charge in [-0.1, -0.05) is 18.6 Å². The summed E-state index contributed by atoms with van der Waals surface area (Å²) in [7, 11) is 1.56. The lowest BCUT2D eigenvalue weighted by Crippen LogP contribution is -2.43. The van der Waals surface area contributed by atoms with Crippen LogP contribution in [0.5, 0.6) is 5.75 Å². The van der Waals surface area contributed by atoms with Gasteiger partial charge in [0.2, 0.25) is 0 Å². The van der Waals surface area contributed by atoms with E-state index in [1.54, 1.807) is 66.0 Å². The Kier molecular flexibility index (Phi) is 10.5. The van der Waals surface area contributed by atoms with Gasteiger partial charge in [-0.05, 0) is 65.2 Å². The van der Waals surface area contributed by atoms with E-state index in [0.717, 1.165) is 16.6 Å². The van der Waals surface area contributed by atoms with Crippen LogP contribution in [0.2, 0.25) is 0 Å². The molecule has 4 atom stereocenters. The number of benzene rings is 1. The smallest absolute Gasteiger partial charge is 0.407 e. The van der Waals surface area contributed by atoms with Gasteiger partial charge in [0.15, 0.2) is 12.0 Å². The van der Waals surface area contributed by atoms with Crippen molar-refractivity contribution in [2.45, 2.75) is 103 Å². The van der Waals surface area contributed by atoms with Gasteiger partial charge in [0, 0.05) is 25.2 Å². The zero-order chi connectivity index (χ0) is 32.1. The third kappa shape index (κ3) is 8.70. The van der Waals surface area contributed by atoms with Gasteiger partial charge in [-0.2, -0.15) is 0 Å². The molecule has 242 valence electrons. The van der Waals surface area contributed by atoms with E-state index in [9.17, 15) is 19.2 Å². The molecule has 44 heavy (non-hydrogen) atoms. The number of esters is 1. The first-order valence-corrected chi connectivity index (χ1v) is 14.8. The van der Waals surface area contributed by atoms with Crippen molar-refractivity contribution in [1.29, 1.82) is 0 Å². The Morgan fingerprint density at radius 1 is 1.00 bits per heavy atom. The van der Waals surface area contributed by atoms with Crippen molar-refractivity contribution in [1.82, 2.24) is 14.5 Å². The predicted octanol–water partition coefficient (Wildman–Crippen LogP) is 3.11. The number of aromatic nitrogens is 2. The van der Waals surface area contributed by atoms with Gasteiger partial charge in [-0.3, -0.25) is 18.7 Å². The molecule has 3 heterocycles. The van der Waals surface area contributed by atoms with Gasteiger partial charge in [0.1, 0.15) is 36.3 Å². The number of amides is 1. The summed E-state index contributed by atoms with van der Waals surface area (Å²) in [4.78, 5) is 50.4. The van der Waals surface area contributed by atoms with Gasteiger partial charge in [-0.25, -0.2) is 9.59 Å². The third-order valence-electron chi connectivity index (χ3n) is 7.13. The standard InChI is InChI=1S/C31H43N3O10/c1-30(2,3)44-28(37)32-16-9-7-8-10-24(36)40-19-22-25-26(43-31(4,5)42-25)27(41-22)33-17-15-23(35)34(29(33)38)18-20-11-13-21(39-6)14-12-20/h11-15,17,22,25-27H,7-10,16,18-19H2,1-6H3,(H,32,37)/t22-,25-,26-,27-/m1/s1. The summed E-state index contributed by atoms with van der Waals surface area (Å²) in [5.41, 5.74) is -0.825. The maximum absolute atomic E-state index is 13.5. The van der Waals surface area contributed by atoms with E-state index in [0.29, 0.717) is 25.1 Å². The first-order chi connectivity index (χ1) is 20.8. The summed E-state index contributed by atoms with van der Waals surface area (Å²) in [5, 5.41) is 2.69. The molecule has 13 heteroatoms. The van der Waals surface area contributed by atoms with Crippen LogP contribution in [0.3, 0.4) is 0 Å². The number of ether oxygens (including phenoxy) is 6. The Morgan fingerprint density at radius 2 is 1.70 bits per heavy atom. The molecule has 2 aliphatic heterocycles. The number of unbranched alkanes of at least 4 members (excludes halogenated alkanes) is 2. The minimum Gasteiger partial charge on any atom is -0.497 e. The van der Waals surface area contributed by atoms with Gasteiger partial charge in [0.05, 0.1) is 13.7 Å². The molecule has 2 aromatic rings. The lowest BCUT2D eigenvalue weighted by Gasteiger charge is -2.25. The van der Waals surface area contributed by atoms with Crippen molar-refractivity contribution in [2.75, 3.05) is 20.3 Å². The number of carbonyl (C=O) groups excluding carboxylic acids is 2. The molecule has 1 aromatic carbocycles. The van der Waals surface area contributed by atoms with E-state index >= 15 is 0 Å². The van der Waals surface area contributed by atoms with E-state index in [2.05, 4.69) is 5.32 Å². The maximum Gasteiger partial charge on any atom is 0.407 e. The van der Waals surface area contributed by atoms with Gasteiger partial charge in [-0.15, -0.1) is 0 Å². The molecule has 4 rings (SSSR count). The van der Waals surface area contributed by atoms with E-state index < -0.39 is 59.2 Å². The zero-order valence-corrected chi connectivity index (χ0v) is 26.2. The minimum atomic E-state index is -0.950. The summed E-state index contributed by atoms with van der Waals surface area (Å²) < 4.78 is 36.7.